The van der Waals surface area contributed by atoms with Crippen molar-refractivity contribution in [3.63, 3.8) is 0 Å². The third kappa shape index (κ3) is 10.4. The number of aliphatic imine (C=N–C) groups is 1. The van der Waals surface area contributed by atoms with E-state index >= 15 is 0 Å². The summed E-state index contributed by atoms with van der Waals surface area (Å²) in [5.41, 5.74) is 0.897. The first-order valence-electron chi connectivity index (χ1n) is 14.5. The summed E-state index contributed by atoms with van der Waals surface area (Å²) in [6.45, 7) is 13.9. The highest BCUT2D eigenvalue weighted by Gasteiger charge is 2.36. The third-order valence-corrected chi connectivity index (χ3v) is 6.41. The molecule has 0 unspecified atom stereocenters. The number of hydrogen-bond acceptors (Lipinski definition) is 7. The van der Waals surface area contributed by atoms with Gasteiger partial charge in [-0.05, 0) is 59.9 Å². The molecule has 0 bridgehead atoms. The number of aryl methyl sites for hydroxylation is 1. The highest BCUT2D eigenvalue weighted by molar-refractivity contribution is 6.02. The highest BCUT2D eigenvalue weighted by atomic mass is 16.6. The number of unbranched alkanes of at least 4 members (excludes halogenated alkanes) is 5. The zero-order chi connectivity index (χ0) is 29.3. The van der Waals surface area contributed by atoms with Crippen LogP contribution in [-0.2, 0) is 20.7 Å². The molecule has 40 heavy (non-hydrogen) atoms. The average Bonchev–Trinajstić information content (AvgIpc) is 3.28. The largest absolute Gasteiger partial charge is 0.460 e. The summed E-state index contributed by atoms with van der Waals surface area (Å²) in [6.07, 6.45) is 7.93. The van der Waals surface area contributed by atoms with E-state index in [1.54, 1.807) is 41.5 Å². The van der Waals surface area contributed by atoms with E-state index in [1.165, 1.54) is 44.1 Å². The molecule has 9 nitrogen and oxygen atoms in total. The van der Waals surface area contributed by atoms with Gasteiger partial charge in [0.05, 0.1) is 5.92 Å². The summed E-state index contributed by atoms with van der Waals surface area (Å²) < 4.78 is 16.4. The third-order valence-electron chi connectivity index (χ3n) is 6.41. The molecule has 1 fully saturated rings. The van der Waals surface area contributed by atoms with Crippen LogP contribution < -0.4 is 0 Å². The van der Waals surface area contributed by atoms with Crippen molar-refractivity contribution >= 4 is 17.9 Å². The van der Waals surface area contributed by atoms with Crippen LogP contribution in [-0.4, -0.2) is 57.2 Å². The van der Waals surface area contributed by atoms with E-state index in [9.17, 15) is 9.59 Å². The lowest BCUT2D eigenvalue weighted by Crippen LogP contribution is -2.49. The van der Waals surface area contributed by atoms with Crippen molar-refractivity contribution in [3.05, 3.63) is 35.7 Å². The summed E-state index contributed by atoms with van der Waals surface area (Å²) >= 11 is 0. The Morgan fingerprint density at radius 2 is 1.57 bits per heavy atom. The van der Waals surface area contributed by atoms with Crippen LogP contribution in [0.5, 0.6) is 0 Å². The van der Waals surface area contributed by atoms with E-state index in [2.05, 4.69) is 34.2 Å². The summed E-state index contributed by atoms with van der Waals surface area (Å²) in [5, 5.41) is 4.19. The van der Waals surface area contributed by atoms with Crippen molar-refractivity contribution in [3.8, 4) is 11.4 Å². The van der Waals surface area contributed by atoms with E-state index in [4.69, 9.17) is 14.0 Å². The van der Waals surface area contributed by atoms with E-state index in [-0.39, 0.29) is 12.3 Å². The Labute approximate surface area is 238 Å². The smallest absolute Gasteiger partial charge is 0.435 e. The van der Waals surface area contributed by atoms with E-state index in [0.29, 0.717) is 30.6 Å². The molecule has 2 heterocycles. The Morgan fingerprint density at radius 1 is 0.950 bits per heavy atom. The number of esters is 1. The quantitative estimate of drug-likeness (QED) is 0.125. The molecule has 1 aliphatic heterocycles. The zero-order valence-corrected chi connectivity index (χ0v) is 25.3. The van der Waals surface area contributed by atoms with Gasteiger partial charge in [-0.25, -0.2) is 4.79 Å². The molecule has 0 atom stereocenters. The number of rotatable bonds is 11. The van der Waals surface area contributed by atoms with Gasteiger partial charge in [-0.2, -0.15) is 9.98 Å². The molecule has 1 saturated heterocycles. The number of aromatic nitrogens is 2. The van der Waals surface area contributed by atoms with Crippen LogP contribution in [0.3, 0.4) is 0 Å². The van der Waals surface area contributed by atoms with Crippen LogP contribution in [0.15, 0.2) is 33.8 Å². The lowest BCUT2D eigenvalue weighted by Gasteiger charge is -2.39. The number of amides is 1. The van der Waals surface area contributed by atoms with Crippen LogP contribution in [0.2, 0.25) is 0 Å². The van der Waals surface area contributed by atoms with Crippen LogP contribution in [0.4, 0.5) is 4.79 Å². The number of amidine groups is 1. The van der Waals surface area contributed by atoms with Gasteiger partial charge in [-0.1, -0.05) is 68.4 Å². The number of carbonyl (C=O) groups excluding carboxylic acids is 2. The Hall–Kier alpha value is -3.23. The van der Waals surface area contributed by atoms with Gasteiger partial charge in [-0.3, -0.25) is 4.79 Å². The lowest BCUT2D eigenvalue weighted by molar-refractivity contribution is -0.153. The summed E-state index contributed by atoms with van der Waals surface area (Å²) in [4.78, 5) is 35.5. The van der Waals surface area contributed by atoms with Crippen LogP contribution in [0.1, 0.15) is 111 Å². The second-order valence-electron chi connectivity index (χ2n) is 12.5. The molecule has 0 aliphatic carbocycles. The number of likely N-dealkylation sites (tertiary alicyclic amines) is 1. The van der Waals surface area contributed by atoms with Gasteiger partial charge in [0.25, 0.3) is 0 Å². The van der Waals surface area contributed by atoms with Crippen molar-refractivity contribution in [2.24, 2.45) is 4.99 Å². The van der Waals surface area contributed by atoms with Gasteiger partial charge < -0.3 is 18.9 Å². The maximum Gasteiger partial charge on any atom is 0.435 e. The number of carbonyl (C=O) groups is 2. The molecule has 9 heteroatoms. The molecular weight excluding hydrogens is 508 g/mol. The monoisotopic (exact) mass is 554 g/mol. The van der Waals surface area contributed by atoms with Crippen molar-refractivity contribution in [2.45, 2.75) is 117 Å². The molecule has 2 aromatic rings. The van der Waals surface area contributed by atoms with E-state index in [0.717, 1.165) is 12.0 Å². The van der Waals surface area contributed by atoms with Crippen molar-refractivity contribution in [1.82, 2.24) is 15.0 Å². The van der Waals surface area contributed by atoms with Gasteiger partial charge in [0.1, 0.15) is 23.5 Å². The minimum absolute atomic E-state index is 0.0318. The molecule has 3 rings (SSSR count). The fourth-order valence-corrected chi connectivity index (χ4v) is 4.41. The molecule has 0 N–H and O–H groups in total. The molecule has 1 amide bonds. The van der Waals surface area contributed by atoms with E-state index < -0.39 is 23.3 Å². The fraction of sp³-hybridized carbons (Fsp3) is 0.645. The first-order chi connectivity index (χ1) is 18.8. The molecular formula is C31H46N4O5. The van der Waals surface area contributed by atoms with Crippen molar-refractivity contribution < 1.29 is 23.6 Å². The normalized spacial score (nSPS) is 14.7. The van der Waals surface area contributed by atoms with Crippen LogP contribution in [0.25, 0.3) is 11.4 Å². The van der Waals surface area contributed by atoms with Gasteiger partial charge in [0, 0.05) is 18.7 Å². The molecule has 0 saturated carbocycles. The molecule has 0 radical (unpaired) electrons. The van der Waals surface area contributed by atoms with Gasteiger partial charge in [0.15, 0.2) is 0 Å². The Bertz CT molecular complexity index is 1140. The highest BCUT2D eigenvalue weighted by Crippen LogP contribution is 2.29. The molecule has 1 aromatic heterocycles. The zero-order valence-electron chi connectivity index (χ0n) is 25.3. The second-order valence-corrected chi connectivity index (χ2v) is 12.5. The van der Waals surface area contributed by atoms with Crippen molar-refractivity contribution in [2.75, 3.05) is 13.1 Å². The predicted octanol–water partition coefficient (Wildman–Crippen LogP) is 7.10. The number of nitrogens with zero attached hydrogens (tertiary/aromatic N) is 4. The molecule has 220 valence electrons. The number of ether oxygens (including phenoxy) is 2. The standard InChI is InChI=1S/C31H46N4O5/c1-8-9-10-11-12-13-14-22-15-17-23(18-16-22)27-33-28(40-34-27)24-20-35(21-24)25(19-26(36)38-30(2,3)4)32-29(37)39-31(5,6)7/h15-18,24H,8-14,19-21H2,1-7H3. The Balaban J connectivity index is 1.58. The molecule has 0 spiro atoms. The fourth-order valence-electron chi connectivity index (χ4n) is 4.41. The summed E-state index contributed by atoms with van der Waals surface area (Å²) in [7, 11) is 0. The Morgan fingerprint density at radius 3 is 2.20 bits per heavy atom. The van der Waals surface area contributed by atoms with Gasteiger partial charge in [-0.15, -0.1) is 0 Å². The maximum absolute atomic E-state index is 12.5. The summed E-state index contributed by atoms with van der Waals surface area (Å²) in [5.74, 6) is 0.890. The topological polar surface area (TPSA) is 107 Å². The number of hydrogen-bond donors (Lipinski definition) is 0. The van der Waals surface area contributed by atoms with E-state index in [1.807, 2.05) is 17.0 Å². The molecule has 1 aromatic carbocycles. The predicted molar refractivity (Wildman–Crippen MR) is 155 cm³/mol. The van der Waals surface area contributed by atoms with Crippen LogP contribution >= 0.6 is 0 Å². The first-order valence-corrected chi connectivity index (χ1v) is 14.5. The van der Waals surface area contributed by atoms with Gasteiger partial charge >= 0.3 is 12.1 Å². The minimum Gasteiger partial charge on any atom is -0.460 e. The van der Waals surface area contributed by atoms with Crippen LogP contribution in [0, 0.1) is 0 Å². The summed E-state index contributed by atoms with van der Waals surface area (Å²) in [6, 6.07) is 8.36. The van der Waals surface area contributed by atoms with Crippen molar-refractivity contribution in [1.29, 1.82) is 0 Å². The van der Waals surface area contributed by atoms with Gasteiger partial charge in [0.2, 0.25) is 11.7 Å². The minimum atomic E-state index is -0.741. The lowest BCUT2D eigenvalue weighted by atomic mass is 9.99. The SMILES string of the molecule is CCCCCCCCc1ccc(-c2noc(C3CN(C(CC(=O)OC(C)(C)C)=NC(=O)OC(C)(C)C)C3)n2)cc1. The molecule has 1 aliphatic rings. The average molecular weight is 555 g/mol. The Kier molecular flexibility index (Phi) is 10.9. The first kappa shape index (κ1) is 31.3. The maximum atomic E-state index is 12.5. The number of benzene rings is 1. The second kappa shape index (κ2) is 13.9.